The predicted molar refractivity (Wildman–Crippen MR) is 74.4 cm³/mol. The average Bonchev–Trinajstić information content (AvgIpc) is 2.99. The summed E-state index contributed by atoms with van der Waals surface area (Å²) in [6.45, 7) is 1.51. The van der Waals surface area contributed by atoms with Crippen LogP contribution in [0.1, 0.15) is 30.6 Å². The van der Waals surface area contributed by atoms with Crippen molar-refractivity contribution < 1.29 is 0 Å². The molecule has 1 saturated carbocycles. The molecule has 0 N–H and O–H groups in total. The van der Waals surface area contributed by atoms with E-state index >= 15 is 0 Å². The minimum atomic E-state index is 0.567. The highest BCUT2D eigenvalue weighted by atomic mass is 32.2. The Hall–Kier alpha value is -0.500. The van der Waals surface area contributed by atoms with Gasteiger partial charge in [0.2, 0.25) is 0 Å². The maximum atomic E-state index is 8.93. The van der Waals surface area contributed by atoms with Crippen LogP contribution in [0.4, 0.5) is 0 Å². The monoisotopic (exact) mass is 266 g/mol. The van der Waals surface area contributed by atoms with E-state index in [0.29, 0.717) is 12.6 Å². The van der Waals surface area contributed by atoms with Gasteiger partial charge in [-0.3, -0.25) is 4.90 Å². The Labute approximate surface area is 112 Å². The molecule has 0 saturated heterocycles. The largest absolute Gasteiger partial charge is 0.282 e. The molecule has 0 aromatic carbocycles. The summed E-state index contributed by atoms with van der Waals surface area (Å²) in [6, 6.07) is 7.33. The molecule has 1 aliphatic rings. The Morgan fingerprint density at radius 2 is 2.24 bits per heavy atom. The fourth-order valence-corrected chi connectivity index (χ4v) is 4.05. The van der Waals surface area contributed by atoms with Gasteiger partial charge >= 0.3 is 0 Å². The highest BCUT2D eigenvalue weighted by Gasteiger charge is 2.22. The molecule has 0 radical (unpaired) electrons. The van der Waals surface area contributed by atoms with Gasteiger partial charge in [-0.2, -0.15) is 5.26 Å². The van der Waals surface area contributed by atoms with Gasteiger partial charge < -0.3 is 0 Å². The van der Waals surface area contributed by atoms with Crippen LogP contribution in [0.3, 0.4) is 0 Å². The van der Waals surface area contributed by atoms with Gasteiger partial charge in [-0.05, 0) is 31.2 Å². The second-order valence-electron chi connectivity index (χ2n) is 4.43. The van der Waals surface area contributed by atoms with Gasteiger partial charge in [-0.15, -0.1) is 23.1 Å². The highest BCUT2D eigenvalue weighted by molar-refractivity contribution is 8.00. The van der Waals surface area contributed by atoms with E-state index in [0.717, 1.165) is 6.54 Å². The summed E-state index contributed by atoms with van der Waals surface area (Å²) in [5.74, 6) is 0. The van der Waals surface area contributed by atoms with E-state index in [1.807, 2.05) is 11.3 Å². The van der Waals surface area contributed by atoms with Crippen LogP contribution in [0.5, 0.6) is 0 Å². The summed E-state index contributed by atoms with van der Waals surface area (Å²) < 4.78 is 1.36. The Morgan fingerprint density at radius 3 is 2.82 bits per heavy atom. The second-order valence-corrected chi connectivity index (χ2v) is 6.70. The number of hydrogen-bond donors (Lipinski definition) is 0. The SMILES string of the molecule is CSc1ccc(CN(CC#N)C2CCCC2)s1. The smallest absolute Gasteiger partial charge is 0.0871 e. The summed E-state index contributed by atoms with van der Waals surface area (Å²) in [5, 5.41) is 8.93. The molecule has 92 valence electrons. The molecule has 1 aromatic heterocycles. The lowest BCUT2D eigenvalue weighted by atomic mass is 10.2. The molecule has 0 aliphatic heterocycles. The zero-order valence-electron chi connectivity index (χ0n) is 10.2. The molecule has 1 fully saturated rings. The van der Waals surface area contributed by atoms with E-state index in [4.69, 9.17) is 5.26 Å². The van der Waals surface area contributed by atoms with Crippen molar-refractivity contribution in [3.05, 3.63) is 17.0 Å². The lowest BCUT2D eigenvalue weighted by Gasteiger charge is -2.25. The zero-order valence-corrected chi connectivity index (χ0v) is 11.8. The van der Waals surface area contributed by atoms with E-state index in [1.165, 1.54) is 34.8 Å². The van der Waals surface area contributed by atoms with E-state index in [9.17, 15) is 0 Å². The van der Waals surface area contributed by atoms with Crippen molar-refractivity contribution in [1.29, 1.82) is 5.26 Å². The third-order valence-electron chi connectivity index (χ3n) is 3.31. The van der Waals surface area contributed by atoms with Gasteiger partial charge in [0.15, 0.2) is 0 Å². The Morgan fingerprint density at radius 1 is 1.47 bits per heavy atom. The minimum Gasteiger partial charge on any atom is -0.282 e. The van der Waals surface area contributed by atoms with Crippen LogP contribution < -0.4 is 0 Å². The zero-order chi connectivity index (χ0) is 12.1. The average molecular weight is 266 g/mol. The summed E-state index contributed by atoms with van der Waals surface area (Å²) in [6.07, 6.45) is 7.30. The molecule has 0 atom stereocenters. The van der Waals surface area contributed by atoms with Gasteiger partial charge in [0, 0.05) is 17.5 Å². The van der Waals surface area contributed by atoms with Crippen molar-refractivity contribution in [3.63, 3.8) is 0 Å². The summed E-state index contributed by atoms with van der Waals surface area (Å²) in [5.41, 5.74) is 0. The number of nitriles is 1. The highest BCUT2D eigenvalue weighted by Crippen LogP contribution is 2.29. The molecule has 1 heterocycles. The molecule has 2 nitrogen and oxygen atoms in total. The Bertz CT molecular complexity index is 388. The number of rotatable bonds is 5. The van der Waals surface area contributed by atoms with Gasteiger partial charge in [0.25, 0.3) is 0 Å². The predicted octanol–water partition coefficient (Wildman–Crippen LogP) is 3.74. The van der Waals surface area contributed by atoms with Crippen molar-refractivity contribution >= 4 is 23.1 Å². The number of hydrogen-bond acceptors (Lipinski definition) is 4. The van der Waals surface area contributed by atoms with E-state index in [2.05, 4.69) is 29.4 Å². The summed E-state index contributed by atoms with van der Waals surface area (Å²) in [4.78, 5) is 3.74. The van der Waals surface area contributed by atoms with Gasteiger partial charge in [0.05, 0.1) is 16.8 Å². The molecule has 2 rings (SSSR count). The molecule has 1 aromatic rings. The first-order valence-electron chi connectivity index (χ1n) is 6.07. The molecule has 0 bridgehead atoms. The third-order valence-corrected chi connectivity index (χ3v) is 5.47. The van der Waals surface area contributed by atoms with Gasteiger partial charge in [-0.1, -0.05) is 12.8 Å². The van der Waals surface area contributed by atoms with Crippen LogP contribution in [-0.2, 0) is 6.54 Å². The van der Waals surface area contributed by atoms with Crippen LogP contribution in [0, 0.1) is 11.3 Å². The van der Waals surface area contributed by atoms with E-state index in [1.54, 1.807) is 11.8 Å². The second kappa shape index (κ2) is 6.44. The van der Waals surface area contributed by atoms with Crippen molar-refractivity contribution in [1.82, 2.24) is 4.90 Å². The quantitative estimate of drug-likeness (QED) is 0.600. The lowest BCUT2D eigenvalue weighted by molar-refractivity contribution is 0.216. The minimum absolute atomic E-state index is 0.567. The first kappa shape index (κ1) is 12.9. The summed E-state index contributed by atoms with van der Waals surface area (Å²) >= 11 is 3.66. The van der Waals surface area contributed by atoms with Gasteiger partial charge in [-0.25, -0.2) is 0 Å². The van der Waals surface area contributed by atoms with Crippen molar-refractivity contribution in [2.45, 2.75) is 42.5 Å². The maximum absolute atomic E-state index is 8.93. The fraction of sp³-hybridized carbons (Fsp3) is 0.615. The fourth-order valence-electron chi connectivity index (χ4n) is 2.43. The molecule has 1 aliphatic carbocycles. The first-order chi connectivity index (χ1) is 8.33. The molecule has 0 unspecified atom stereocenters. The van der Waals surface area contributed by atoms with Crippen molar-refractivity contribution in [3.8, 4) is 6.07 Å². The topological polar surface area (TPSA) is 27.0 Å². The normalized spacial score (nSPS) is 16.5. The standard InChI is InChI=1S/C13H18N2S2/c1-16-13-7-6-12(17-13)10-15(9-8-14)11-4-2-3-5-11/h6-7,11H,2-5,9-10H2,1H3. The lowest BCUT2D eigenvalue weighted by Crippen LogP contribution is -2.32. The number of thioether (sulfide) groups is 1. The third kappa shape index (κ3) is 3.48. The van der Waals surface area contributed by atoms with Crippen LogP contribution in [-0.4, -0.2) is 23.7 Å². The molecule has 17 heavy (non-hydrogen) atoms. The molecular formula is C13H18N2S2. The molecule has 4 heteroatoms. The Balaban J connectivity index is 1.99. The van der Waals surface area contributed by atoms with Crippen molar-refractivity contribution in [2.75, 3.05) is 12.8 Å². The van der Waals surface area contributed by atoms with Crippen LogP contribution >= 0.6 is 23.1 Å². The van der Waals surface area contributed by atoms with E-state index in [-0.39, 0.29) is 0 Å². The van der Waals surface area contributed by atoms with Crippen LogP contribution in [0.25, 0.3) is 0 Å². The molecule has 0 amide bonds. The Kier molecular flexibility index (Phi) is 4.90. The molecule has 0 spiro atoms. The first-order valence-corrected chi connectivity index (χ1v) is 8.11. The molecular weight excluding hydrogens is 248 g/mol. The number of thiophene rings is 1. The van der Waals surface area contributed by atoms with Crippen LogP contribution in [0.2, 0.25) is 0 Å². The maximum Gasteiger partial charge on any atom is 0.0871 e. The van der Waals surface area contributed by atoms with E-state index < -0.39 is 0 Å². The number of nitrogens with zero attached hydrogens (tertiary/aromatic N) is 2. The summed E-state index contributed by atoms with van der Waals surface area (Å²) in [7, 11) is 0. The van der Waals surface area contributed by atoms with Gasteiger partial charge in [0.1, 0.15) is 0 Å². The van der Waals surface area contributed by atoms with Crippen molar-refractivity contribution in [2.24, 2.45) is 0 Å². The van der Waals surface area contributed by atoms with Crippen LogP contribution in [0.15, 0.2) is 16.3 Å².